The molecule has 4 heteroatoms. The molecule has 1 aromatic rings. The van der Waals surface area contributed by atoms with Gasteiger partial charge in [-0.25, -0.2) is 0 Å². The fourth-order valence-corrected chi connectivity index (χ4v) is 2.90. The number of likely N-dealkylation sites (tertiary alicyclic amines) is 1. The summed E-state index contributed by atoms with van der Waals surface area (Å²) in [7, 11) is 0. The Kier molecular flexibility index (Phi) is 4.42. The summed E-state index contributed by atoms with van der Waals surface area (Å²) in [5, 5.41) is 9.13. The number of nitrogens with zero attached hydrogens (tertiary/aromatic N) is 1. The van der Waals surface area contributed by atoms with E-state index >= 15 is 0 Å². The van der Waals surface area contributed by atoms with Gasteiger partial charge in [0.1, 0.15) is 0 Å². The first-order valence-corrected chi connectivity index (χ1v) is 7.14. The highest BCUT2D eigenvalue weighted by Gasteiger charge is 2.33. The number of carbonyl (C=O) groups excluding carboxylic acids is 1. The van der Waals surface area contributed by atoms with Crippen LogP contribution in [0.3, 0.4) is 0 Å². The number of aryl methyl sites for hydroxylation is 1. The monoisotopic (exact) mass is 275 g/mol. The molecule has 1 aliphatic heterocycles. The first-order valence-electron chi connectivity index (χ1n) is 7.14. The van der Waals surface area contributed by atoms with Gasteiger partial charge in [0.25, 0.3) is 5.91 Å². The molecule has 108 valence electrons. The summed E-state index contributed by atoms with van der Waals surface area (Å²) in [6.07, 6.45) is 1.36. The van der Waals surface area contributed by atoms with Crippen LogP contribution in [0.15, 0.2) is 24.3 Å². The second-order valence-electron chi connectivity index (χ2n) is 5.47. The number of amides is 1. The number of hydrogen-bond donors (Lipinski definition) is 1. The third kappa shape index (κ3) is 2.84. The number of aliphatic carboxylic acids is 1. The quantitative estimate of drug-likeness (QED) is 0.921. The van der Waals surface area contributed by atoms with Crippen LogP contribution in [0, 0.1) is 11.8 Å². The Morgan fingerprint density at radius 3 is 2.65 bits per heavy atom. The summed E-state index contributed by atoms with van der Waals surface area (Å²) in [5.41, 5.74) is 1.79. The van der Waals surface area contributed by atoms with E-state index in [0.29, 0.717) is 19.5 Å². The van der Waals surface area contributed by atoms with Gasteiger partial charge >= 0.3 is 5.97 Å². The highest BCUT2D eigenvalue weighted by molar-refractivity contribution is 5.95. The second-order valence-corrected chi connectivity index (χ2v) is 5.47. The molecule has 2 atom stereocenters. The van der Waals surface area contributed by atoms with Crippen molar-refractivity contribution in [2.45, 2.75) is 26.7 Å². The Balaban J connectivity index is 2.13. The van der Waals surface area contributed by atoms with E-state index in [1.807, 2.05) is 38.1 Å². The lowest BCUT2D eigenvalue weighted by Gasteiger charge is -2.35. The lowest BCUT2D eigenvalue weighted by Crippen LogP contribution is -2.45. The van der Waals surface area contributed by atoms with E-state index in [9.17, 15) is 9.59 Å². The number of carbonyl (C=O) groups is 2. The van der Waals surface area contributed by atoms with Gasteiger partial charge in [0.05, 0.1) is 5.92 Å². The fraction of sp³-hybridized carbons (Fsp3) is 0.500. The van der Waals surface area contributed by atoms with Crippen LogP contribution in [-0.4, -0.2) is 35.0 Å². The van der Waals surface area contributed by atoms with Crippen molar-refractivity contribution >= 4 is 11.9 Å². The Labute approximate surface area is 119 Å². The normalized spacial score (nSPS) is 22.6. The summed E-state index contributed by atoms with van der Waals surface area (Å²) in [6, 6.07) is 7.64. The molecular formula is C16H21NO3. The molecule has 0 radical (unpaired) electrons. The van der Waals surface area contributed by atoms with E-state index in [-0.39, 0.29) is 17.7 Å². The van der Waals surface area contributed by atoms with Gasteiger partial charge in [-0.1, -0.05) is 32.0 Å². The molecule has 1 aromatic carbocycles. The molecule has 1 aliphatic rings. The molecule has 0 aromatic heterocycles. The van der Waals surface area contributed by atoms with Gasteiger partial charge in [-0.15, -0.1) is 0 Å². The summed E-state index contributed by atoms with van der Waals surface area (Å²) >= 11 is 0. The molecule has 1 heterocycles. The van der Waals surface area contributed by atoms with Crippen molar-refractivity contribution in [2.75, 3.05) is 13.1 Å². The lowest BCUT2D eigenvalue weighted by atomic mass is 9.86. The van der Waals surface area contributed by atoms with E-state index in [1.54, 1.807) is 4.90 Å². The first-order chi connectivity index (χ1) is 9.54. The molecule has 2 rings (SSSR count). The minimum Gasteiger partial charge on any atom is -0.481 e. The Morgan fingerprint density at radius 1 is 1.35 bits per heavy atom. The number of carboxylic acids is 1. The largest absolute Gasteiger partial charge is 0.481 e. The average molecular weight is 275 g/mol. The minimum absolute atomic E-state index is 0.000936. The van der Waals surface area contributed by atoms with E-state index in [4.69, 9.17) is 5.11 Å². The zero-order chi connectivity index (χ0) is 14.7. The molecule has 1 amide bonds. The van der Waals surface area contributed by atoms with Crippen molar-refractivity contribution in [2.24, 2.45) is 11.8 Å². The molecule has 1 N–H and O–H groups in total. The summed E-state index contributed by atoms with van der Waals surface area (Å²) < 4.78 is 0. The standard InChI is InChI=1S/C16H21NO3/c1-3-12-6-4-5-7-14(12)15(18)17-9-8-13(16(19)20)11(2)10-17/h4-7,11,13H,3,8-10H2,1-2H3,(H,19,20). The van der Waals surface area contributed by atoms with Crippen LogP contribution >= 0.6 is 0 Å². The number of benzene rings is 1. The zero-order valence-corrected chi connectivity index (χ0v) is 12.0. The van der Waals surface area contributed by atoms with E-state index in [2.05, 4.69) is 0 Å². The van der Waals surface area contributed by atoms with Crippen molar-refractivity contribution in [3.05, 3.63) is 35.4 Å². The van der Waals surface area contributed by atoms with Crippen molar-refractivity contribution in [1.82, 2.24) is 4.90 Å². The minimum atomic E-state index is -0.751. The molecule has 0 aliphatic carbocycles. The predicted molar refractivity (Wildman–Crippen MR) is 76.6 cm³/mol. The molecule has 1 saturated heterocycles. The molecule has 4 nitrogen and oxygen atoms in total. The number of carboxylic acid groups (broad SMARTS) is 1. The average Bonchev–Trinajstić information content (AvgIpc) is 2.45. The number of hydrogen-bond acceptors (Lipinski definition) is 2. The third-order valence-corrected chi connectivity index (χ3v) is 4.14. The van der Waals surface area contributed by atoms with Crippen LogP contribution < -0.4 is 0 Å². The van der Waals surface area contributed by atoms with Crippen LogP contribution in [0.5, 0.6) is 0 Å². The Hall–Kier alpha value is -1.84. The molecular weight excluding hydrogens is 254 g/mol. The van der Waals surface area contributed by atoms with Gasteiger partial charge in [-0.2, -0.15) is 0 Å². The highest BCUT2D eigenvalue weighted by atomic mass is 16.4. The lowest BCUT2D eigenvalue weighted by molar-refractivity contribution is -0.145. The van der Waals surface area contributed by atoms with Crippen LogP contribution in [-0.2, 0) is 11.2 Å². The molecule has 2 unspecified atom stereocenters. The van der Waals surface area contributed by atoms with Gasteiger partial charge in [0.2, 0.25) is 0 Å². The van der Waals surface area contributed by atoms with Crippen molar-refractivity contribution in [1.29, 1.82) is 0 Å². The van der Waals surface area contributed by atoms with Gasteiger partial charge in [0.15, 0.2) is 0 Å². The highest BCUT2D eigenvalue weighted by Crippen LogP contribution is 2.25. The summed E-state index contributed by atoms with van der Waals surface area (Å²) in [4.78, 5) is 25.5. The van der Waals surface area contributed by atoms with Crippen LogP contribution in [0.4, 0.5) is 0 Å². The van der Waals surface area contributed by atoms with Crippen molar-refractivity contribution in [3.63, 3.8) is 0 Å². The zero-order valence-electron chi connectivity index (χ0n) is 12.0. The topological polar surface area (TPSA) is 57.6 Å². The molecule has 20 heavy (non-hydrogen) atoms. The maximum absolute atomic E-state index is 12.6. The van der Waals surface area contributed by atoms with Gasteiger partial charge in [-0.3, -0.25) is 9.59 Å². The maximum Gasteiger partial charge on any atom is 0.306 e. The van der Waals surface area contributed by atoms with Crippen molar-refractivity contribution in [3.8, 4) is 0 Å². The first kappa shape index (κ1) is 14.6. The smallest absolute Gasteiger partial charge is 0.306 e. The van der Waals surface area contributed by atoms with E-state index in [0.717, 1.165) is 17.5 Å². The van der Waals surface area contributed by atoms with Crippen LogP contribution in [0.25, 0.3) is 0 Å². The molecule has 0 bridgehead atoms. The van der Waals surface area contributed by atoms with Crippen LogP contribution in [0.1, 0.15) is 36.2 Å². The number of piperidine rings is 1. The van der Waals surface area contributed by atoms with Gasteiger partial charge in [-0.05, 0) is 30.4 Å². The molecule has 0 saturated carbocycles. The molecule has 0 spiro atoms. The second kappa shape index (κ2) is 6.07. The SMILES string of the molecule is CCc1ccccc1C(=O)N1CCC(C(=O)O)C(C)C1. The fourth-order valence-electron chi connectivity index (χ4n) is 2.90. The van der Waals surface area contributed by atoms with Crippen molar-refractivity contribution < 1.29 is 14.7 Å². The maximum atomic E-state index is 12.6. The summed E-state index contributed by atoms with van der Waals surface area (Å²) in [5.74, 6) is -1.06. The van der Waals surface area contributed by atoms with E-state index < -0.39 is 5.97 Å². The third-order valence-electron chi connectivity index (χ3n) is 4.14. The van der Waals surface area contributed by atoms with Gasteiger partial charge < -0.3 is 10.0 Å². The predicted octanol–water partition coefficient (Wildman–Crippen LogP) is 2.43. The molecule has 1 fully saturated rings. The van der Waals surface area contributed by atoms with Crippen LogP contribution in [0.2, 0.25) is 0 Å². The van der Waals surface area contributed by atoms with Gasteiger partial charge in [0, 0.05) is 18.7 Å². The number of rotatable bonds is 3. The summed E-state index contributed by atoms with van der Waals surface area (Å²) in [6.45, 7) is 4.99. The Bertz CT molecular complexity index is 512. The Morgan fingerprint density at radius 2 is 2.05 bits per heavy atom. The van der Waals surface area contributed by atoms with E-state index in [1.165, 1.54) is 0 Å².